The second-order valence-electron chi connectivity index (χ2n) is 9.30. The lowest BCUT2D eigenvalue weighted by Crippen LogP contribution is -2.35. The zero-order valence-electron chi connectivity index (χ0n) is 16.0. The molecular formula is C21H26N4O. The summed E-state index contributed by atoms with van der Waals surface area (Å²) in [6.45, 7) is 8.33. The second kappa shape index (κ2) is 5.12. The van der Waals surface area contributed by atoms with Gasteiger partial charge in [0.25, 0.3) is 0 Å². The van der Waals surface area contributed by atoms with Crippen LogP contribution in [-0.2, 0) is 0 Å². The normalized spacial score (nSPS) is 27.4. The largest absolute Gasteiger partial charge is 0.497 e. The third kappa shape index (κ3) is 2.29. The van der Waals surface area contributed by atoms with Crippen molar-refractivity contribution in [2.24, 2.45) is 10.8 Å². The van der Waals surface area contributed by atoms with Crippen LogP contribution in [0.4, 0.5) is 5.82 Å². The van der Waals surface area contributed by atoms with E-state index >= 15 is 0 Å². The van der Waals surface area contributed by atoms with E-state index in [2.05, 4.69) is 41.7 Å². The summed E-state index contributed by atoms with van der Waals surface area (Å²) in [7, 11) is 1.70. The number of hydrogen-bond acceptors (Lipinski definition) is 4. The van der Waals surface area contributed by atoms with Crippen LogP contribution < -0.4 is 9.64 Å². The quantitative estimate of drug-likeness (QED) is 0.738. The lowest BCUT2D eigenvalue weighted by Gasteiger charge is -2.39. The van der Waals surface area contributed by atoms with Crippen molar-refractivity contribution in [3.63, 3.8) is 0 Å². The Morgan fingerprint density at radius 3 is 2.85 bits per heavy atom. The summed E-state index contributed by atoms with van der Waals surface area (Å²) in [5.41, 5.74) is 3.86. The third-order valence-electron chi connectivity index (χ3n) is 6.26. The van der Waals surface area contributed by atoms with Crippen LogP contribution >= 0.6 is 0 Å². The molecule has 0 amide bonds. The summed E-state index contributed by atoms with van der Waals surface area (Å²) in [6, 6.07) is 6.66. The fourth-order valence-corrected chi connectivity index (χ4v) is 5.72. The van der Waals surface area contributed by atoms with E-state index in [1.165, 1.54) is 19.3 Å². The van der Waals surface area contributed by atoms with Crippen LogP contribution in [0, 0.1) is 10.8 Å². The molecule has 2 aromatic heterocycles. The summed E-state index contributed by atoms with van der Waals surface area (Å²) in [5, 5.41) is 1.12. The molecule has 1 aliphatic heterocycles. The number of fused-ring (bicyclic) bond motifs is 5. The Hall–Kier alpha value is -2.30. The van der Waals surface area contributed by atoms with Crippen LogP contribution in [0.3, 0.4) is 0 Å². The van der Waals surface area contributed by atoms with Gasteiger partial charge in [0.15, 0.2) is 5.82 Å². The van der Waals surface area contributed by atoms with Gasteiger partial charge >= 0.3 is 0 Å². The monoisotopic (exact) mass is 350 g/mol. The van der Waals surface area contributed by atoms with Gasteiger partial charge in [-0.05, 0) is 42.2 Å². The Labute approximate surface area is 153 Å². The number of nitrogens with zero attached hydrogens (tertiary/aromatic N) is 3. The Morgan fingerprint density at radius 2 is 2.04 bits per heavy atom. The average Bonchev–Trinajstić information content (AvgIpc) is 3.07. The van der Waals surface area contributed by atoms with Crippen molar-refractivity contribution in [2.45, 2.75) is 46.1 Å². The molecule has 136 valence electrons. The molecule has 2 fully saturated rings. The number of aromatic amines is 1. The van der Waals surface area contributed by atoms with E-state index in [4.69, 9.17) is 9.72 Å². The van der Waals surface area contributed by atoms with Crippen molar-refractivity contribution in [3.05, 3.63) is 24.5 Å². The summed E-state index contributed by atoms with van der Waals surface area (Å²) in [4.78, 5) is 15.4. The number of methoxy groups -OCH3 is 1. The van der Waals surface area contributed by atoms with Crippen LogP contribution in [0.1, 0.15) is 40.0 Å². The van der Waals surface area contributed by atoms with E-state index in [0.29, 0.717) is 16.9 Å². The minimum absolute atomic E-state index is 0.374. The van der Waals surface area contributed by atoms with Gasteiger partial charge in [-0.15, -0.1) is 0 Å². The number of anilines is 1. The van der Waals surface area contributed by atoms with Crippen molar-refractivity contribution in [3.8, 4) is 5.75 Å². The first-order valence-corrected chi connectivity index (χ1v) is 9.45. The van der Waals surface area contributed by atoms with E-state index in [1.54, 1.807) is 13.4 Å². The number of benzene rings is 1. The summed E-state index contributed by atoms with van der Waals surface area (Å²) in [6.07, 6.45) is 5.48. The molecule has 1 aromatic carbocycles. The zero-order chi connectivity index (χ0) is 18.1. The van der Waals surface area contributed by atoms with Gasteiger partial charge in [-0.1, -0.05) is 20.8 Å². The maximum Gasteiger partial charge on any atom is 0.156 e. The molecule has 1 aliphatic carbocycles. The molecule has 5 nitrogen and oxygen atoms in total. The minimum Gasteiger partial charge on any atom is -0.497 e. The molecule has 1 saturated heterocycles. The Bertz CT molecular complexity index is 1010. The average molecular weight is 350 g/mol. The molecule has 2 bridgehead atoms. The molecular weight excluding hydrogens is 324 g/mol. The van der Waals surface area contributed by atoms with Crippen LogP contribution in [0.15, 0.2) is 24.5 Å². The number of rotatable bonds is 2. The smallest absolute Gasteiger partial charge is 0.156 e. The number of nitrogens with one attached hydrogen (secondary N) is 1. The highest BCUT2D eigenvalue weighted by Gasteiger charge is 2.50. The van der Waals surface area contributed by atoms with Gasteiger partial charge in [0.1, 0.15) is 23.1 Å². The van der Waals surface area contributed by atoms with Crippen molar-refractivity contribution >= 4 is 27.8 Å². The molecule has 26 heavy (non-hydrogen) atoms. The number of H-pyrrole nitrogens is 1. The van der Waals surface area contributed by atoms with Crippen LogP contribution in [0.25, 0.3) is 21.9 Å². The van der Waals surface area contributed by atoms with Gasteiger partial charge in [0, 0.05) is 24.0 Å². The highest BCUT2D eigenvalue weighted by Crippen LogP contribution is 2.53. The molecule has 5 rings (SSSR count). The molecule has 5 heteroatoms. The van der Waals surface area contributed by atoms with Crippen molar-refractivity contribution in [1.29, 1.82) is 0 Å². The first kappa shape index (κ1) is 15.9. The number of aromatic nitrogens is 3. The Morgan fingerprint density at radius 1 is 1.19 bits per heavy atom. The van der Waals surface area contributed by atoms with E-state index in [9.17, 15) is 0 Å². The second-order valence-corrected chi connectivity index (χ2v) is 9.30. The van der Waals surface area contributed by atoms with Gasteiger partial charge in [-0.25, -0.2) is 9.97 Å². The predicted molar refractivity (Wildman–Crippen MR) is 105 cm³/mol. The van der Waals surface area contributed by atoms with Crippen LogP contribution in [0.5, 0.6) is 5.75 Å². The van der Waals surface area contributed by atoms with E-state index < -0.39 is 0 Å². The number of hydrogen-bond donors (Lipinski definition) is 1. The summed E-state index contributed by atoms with van der Waals surface area (Å²) >= 11 is 0. The molecule has 1 saturated carbocycles. The molecule has 0 spiro atoms. The van der Waals surface area contributed by atoms with E-state index in [0.717, 1.165) is 40.0 Å². The van der Waals surface area contributed by atoms with Crippen LogP contribution in [0.2, 0.25) is 0 Å². The maximum atomic E-state index is 5.37. The van der Waals surface area contributed by atoms with Gasteiger partial charge in [-0.3, -0.25) is 0 Å². The lowest BCUT2D eigenvalue weighted by atomic mass is 9.65. The van der Waals surface area contributed by atoms with Gasteiger partial charge in [-0.2, -0.15) is 0 Å². The first-order chi connectivity index (χ1) is 12.4. The van der Waals surface area contributed by atoms with Crippen LogP contribution in [-0.4, -0.2) is 34.6 Å². The standard InChI is InChI=1S/C21H26N4O/c1-20(2)8-13-9-21(3,10-20)11-25(13)19-18-17(22-12-23-19)15-6-5-14(26-4)7-16(15)24-18/h5-7,12-13,24H,8-11H2,1-4H3/t13-,21+/m0/s1. The topological polar surface area (TPSA) is 54.0 Å². The molecule has 2 atom stereocenters. The molecule has 3 aromatic rings. The zero-order valence-corrected chi connectivity index (χ0v) is 16.0. The van der Waals surface area contributed by atoms with Crippen molar-refractivity contribution in [1.82, 2.24) is 15.0 Å². The van der Waals surface area contributed by atoms with E-state index in [1.807, 2.05) is 12.1 Å². The van der Waals surface area contributed by atoms with Gasteiger partial charge < -0.3 is 14.6 Å². The summed E-state index contributed by atoms with van der Waals surface area (Å²) in [5.74, 6) is 1.90. The van der Waals surface area contributed by atoms with Gasteiger partial charge in [0.05, 0.1) is 12.6 Å². The third-order valence-corrected chi connectivity index (χ3v) is 6.26. The van der Waals surface area contributed by atoms with Crippen molar-refractivity contribution < 1.29 is 4.74 Å². The molecule has 0 unspecified atom stereocenters. The SMILES string of the molecule is COc1ccc2c(c1)[nH]c1c(N3C[C@]4(C)C[C@@H]3CC(C)(C)C4)ncnc12. The lowest BCUT2D eigenvalue weighted by molar-refractivity contribution is 0.136. The first-order valence-electron chi connectivity index (χ1n) is 9.45. The molecule has 1 N–H and O–H groups in total. The Kier molecular flexibility index (Phi) is 3.13. The number of ether oxygens (including phenoxy) is 1. The molecule has 0 radical (unpaired) electrons. The maximum absolute atomic E-state index is 5.37. The highest BCUT2D eigenvalue weighted by molar-refractivity contribution is 6.08. The van der Waals surface area contributed by atoms with Crippen molar-refractivity contribution in [2.75, 3.05) is 18.6 Å². The minimum atomic E-state index is 0.374. The fraction of sp³-hybridized carbons (Fsp3) is 0.524. The molecule has 3 heterocycles. The predicted octanol–water partition coefficient (Wildman–Crippen LogP) is 4.52. The van der Waals surface area contributed by atoms with Gasteiger partial charge in [0.2, 0.25) is 0 Å². The highest BCUT2D eigenvalue weighted by atomic mass is 16.5. The Balaban J connectivity index is 1.66. The summed E-state index contributed by atoms with van der Waals surface area (Å²) < 4.78 is 5.37. The van der Waals surface area contributed by atoms with E-state index in [-0.39, 0.29) is 0 Å². The molecule has 2 aliphatic rings. The fourth-order valence-electron chi connectivity index (χ4n) is 5.72.